The van der Waals surface area contributed by atoms with Gasteiger partial charge in [0.25, 0.3) is 6.01 Å². The summed E-state index contributed by atoms with van der Waals surface area (Å²) in [5, 5.41) is 0. The van der Waals surface area contributed by atoms with E-state index in [1.54, 1.807) is 6.07 Å². The van der Waals surface area contributed by atoms with Crippen molar-refractivity contribution >= 4 is 6.01 Å². The number of hydrogen-bond donors (Lipinski definition) is 1. The Morgan fingerprint density at radius 3 is 2.94 bits per heavy atom. The van der Waals surface area contributed by atoms with Gasteiger partial charge in [-0.25, -0.2) is 4.39 Å². The van der Waals surface area contributed by atoms with Crippen molar-refractivity contribution in [3.8, 4) is 5.75 Å². The molecule has 0 amide bonds. The molecule has 84 valence electrons. The lowest BCUT2D eigenvalue weighted by Crippen LogP contribution is -1.95. The van der Waals surface area contributed by atoms with Crippen LogP contribution in [0.5, 0.6) is 5.75 Å². The Kier molecular flexibility index (Phi) is 2.76. The molecule has 0 aliphatic heterocycles. The number of ether oxygens (including phenoxy) is 1. The molecule has 0 radical (unpaired) electrons. The van der Waals surface area contributed by atoms with E-state index in [0.29, 0.717) is 23.4 Å². The molecule has 0 unspecified atom stereocenters. The molecule has 4 nitrogen and oxygen atoms in total. The SMILES string of the molecule is COc1ccc(F)cc1Cc1coc(N)n1. The highest BCUT2D eigenvalue weighted by atomic mass is 19.1. The van der Waals surface area contributed by atoms with Crippen molar-refractivity contribution in [3.63, 3.8) is 0 Å². The van der Waals surface area contributed by atoms with E-state index in [1.165, 1.54) is 25.5 Å². The van der Waals surface area contributed by atoms with Gasteiger partial charge in [0.15, 0.2) is 0 Å². The van der Waals surface area contributed by atoms with E-state index in [9.17, 15) is 4.39 Å². The quantitative estimate of drug-likeness (QED) is 0.862. The summed E-state index contributed by atoms with van der Waals surface area (Å²) in [6.45, 7) is 0. The number of rotatable bonds is 3. The molecule has 0 aliphatic rings. The van der Waals surface area contributed by atoms with E-state index < -0.39 is 0 Å². The van der Waals surface area contributed by atoms with E-state index in [4.69, 9.17) is 14.9 Å². The Morgan fingerprint density at radius 2 is 2.31 bits per heavy atom. The second kappa shape index (κ2) is 4.22. The van der Waals surface area contributed by atoms with Gasteiger partial charge in [-0.1, -0.05) is 0 Å². The summed E-state index contributed by atoms with van der Waals surface area (Å²) in [6, 6.07) is 4.43. The summed E-state index contributed by atoms with van der Waals surface area (Å²) in [4.78, 5) is 3.94. The summed E-state index contributed by atoms with van der Waals surface area (Å²) in [5.74, 6) is 0.301. The normalized spacial score (nSPS) is 10.4. The average Bonchev–Trinajstić information content (AvgIpc) is 2.64. The molecular weight excluding hydrogens is 211 g/mol. The van der Waals surface area contributed by atoms with E-state index in [-0.39, 0.29) is 11.8 Å². The van der Waals surface area contributed by atoms with Crippen molar-refractivity contribution in [3.05, 3.63) is 41.5 Å². The third-order valence-corrected chi connectivity index (χ3v) is 2.18. The molecule has 0 spiro atoms. The molecular formula is C11H11FN2O2. The Bertz CT molecular complexity index is 496. The lowest BCUT2D eigenvalue weighted by atomic mass is 10.1. The second-order valence-electron chi connectivity index (χ2n) is 3.31. The molecule has 1 aromatic heterocycles. The maximum absolute atomic E-state index is 13.1. The van der Waals surface area contributed by atoms with E-state index in [2.05, 4.69) is 4.98 Å². The lowest BCUT2D eigenvalue weighted by Gasteiger charge is -2.06. The van der Waals surface area contributed by atoms with Crippen molar-refractivity contribution in [1.82, 2.24) is 4.98 Å². The number of anilines is 1. The van der Waals surface area contributed by atoms with Gasteiger partial charge < -0.3 is 14.9 Å². The van der Waals surface area contributed by atoms with Crippen LogP contribution in [-0.4, -0.2) is 12.1 Å². The maximum atomic E-state index is 13.1. The number of methoxy groups -OCH3 is 1. The predicted molar refractivity (Wildman–Crippen MR) is 56.7 cm³/mol. The van der Waals surface area contributed by atoms with Gasteiger partial charge in [0, 0.05) is 12.0 Å². The van der Waals surface area contributed by atoms with Crippen LogP contribution >= 0.6 is 0 Å². The Morgan fingerprint density at radius 1 is 1.50 bits per heavy atom. The second-order valence-corrected chi connectivity index (χ2v) is 3.31. The number of oxazole rings is 1. The van der Waals surface area contributed by atoms with Gasteiger partial charge in [0.2, 0.25) is 0 Å². The number of benzene rings is 1. The minimum Gasteiger partial charge on any atom is -0.496 e. The van der Waals surface area contributed by atoms with Gasteiger partial charge >= 0.3 is 0 Å². The Labute approximate surface area is 91.9 Å². The fourth-order valence-electron chi connectivity index (χ4n) is 1.48. The number of nitrogens with two attached hydrogens (primary N) is 1. The van der Waals surface area contributed by atoms with E-state index >= 15 is 0 Å². The minimum absolute atomic E-state index is 0.102. The zero-order chi connectivity index (χ0) is 11.5. The largest absolute Gasteiger partial charge is 0.496 e. The van der Waals surface area contributed by atoms with Crippen molar-refractivity contribution in [2.24, 2.45) is 0 Å². The smallest absolute Gasteiger partial charge is 0.292 e. The van der Waals surface area contributed by atoms with Crippen molar-refractivity contribution < 1.29 is 13.5 Å². The van der Waals surface area contributed by atoms with Crippen molar-refractivity contribution in [1.29, 1.82) is 0 Å². The summed E-state index contributed by atoms with van der Waals surface area (Å²) < 4.78 is 23.1. The Hall–Kier alpha value is -2.04. The molecule has 0 saturated heterocycles. The fraction of sp³-hybridized carbons (Fsp3) is 0.182. The summed E-state index contributed by atoms with van der Waals surface area (Å²) in [5.41, 5.74) is 6.69. The number of aromatic nitrogens is 1. The first-order chi connectivity index (χ1) is 7.69. The van der Waals surface area contributed by atoms with Crippen LogP contribution in [0, 0.1) is 5.82 Å². The summed E-state index contributed by atoms with van der Waals surface area (Å²) >= 11 is 0. The summed E-state index contributed by atoms with van der Waals surface area (Å²) in [7, 11) is 1.54. The molecule has 0 saturated carbocycles. The highest BCUT2D eigenvalue weighted by molar-refractivity contribution is 5.36. The maximum Gasteiger partial charge on any atom is 0.292 e. The molecule has 2 rings (SSSR count). The van der Waals surface area contributed by atoms with Crippen LogP contribution in [0.15, 0.2) is 28.9 Å². The van der Waals surface area contributed by atoms with Gasteiger partial charge in [-0.15, -0.1) is 0 Å². The number of hydrogen-bond acceptors (Lipinski definition) is 4. The molecule has 0 fully saturated rings. The van der Waals surface area contributed by atoms with Crippen molar-refractivity contribution in [2.75, 3.05) is 12.8 Å². The van der Waals surface area contributed by atoms with E-state index in [1.807, 2.05) is 0 Å². The van der Waals surface area contributed by atoms with Crippen LogP contribution in [-0.2, 0) is 6.42 Å². The first-order valence-electron chi connectivity index (χ1n) is 4.71. The first kappa shape index (κ1) is 10.5. The number of nitrogens with zero attached hydrogens (tertiary/aromatic N) is 1. The molecule has 2 N–H and O–H groups in total. The number of nitrogen functional groups attached to an aromatic ring is 1. The third kappa shape index (κ3) is 2.13. The van der Waals surface area contributed by atoms with Gasteiger partial charge in [-0.3, -0.25) is 0 Å². The molecule has 0 bridgehead atoms. The highest BCUT2D eigenvalue weighted by Gasteiger charge is 2.08. The molecule has 2 aromatic rings. The van der Waals surface area contributed by atoms with Gasteiger partial charge in [0.05, 0.1) is 12.8 Å². The number of halogens is 1. The van der Waals surface area contributed by atoms with Crippen LogP contribution in [0.1, 0.15) is 11.3 Å². The van der Waals surface area contributed by atoms with Crippen LogP contribution in [0.4, 0.5) is 10.4 Å². The monoisotopic (exact) mass is 222 g/mol. The molecule has 0 aliphatic carbocycles. The molecule has 0 atom stereocenters. The van der Waals surface area contributed by atoms with Gasteiger partial charge in [-0.05, 0) is 18.2 Å². The predicted octanol–water partition coefficient (Wildman–Crippen LogP) is 2.00. The lowest BCUT2D eigenvalue weighted by molar-refractivity contribution is 0.409. The standard InChI is InChI=1S/C11H11FN2O2/c1-15-10-3-2-8(12)4-7(10)5-9-6-16-11(13)14-9/h2-4,6H,5H2,1H3,(H2,13,14). The van der Waals surface area contributed by atoms with Crippen molar-refractivity contribution in [2.45, 2.75) is 6.42 Å². The van der Waals surface area contributed by atoms with Crippen LogP contribution in [0.2, 0.25) is 0 Å². The zero-order valence-corrected chi connectivity index (χ0v) is 8.74. The summed E-state index contributed by atoms with van der Waals surface area (Å²) in [6.07, 6.45) is 1.86. The van der Waals surface area contributed by atoms with Crippen LogP contribution < -0.4 is 10.5 Å². The zero-order valence-electron chi connectivity index (χ0n) is 8.74. The molecule has 16 heavy (non-hydrogen) atoms. The Balaban J connectivity index is 2.29. The topological polar surface area (TPSA) is 61.3 Å². The fourth-order valence-corrected chi connectivity index (χ4v) is 1.48. The van der Waals surface area contributed by atoms with Gasteiger partial charge in [0.1, 0.15) is 17.8 Å². The first-order valence-corrected chi connectivity index (χ1v) is 4.71. The molecule has 1 heterocycles. The average molecular weight is 222 g/mol. The van der Waals surface area contributed by atoms with Crippen LogP contribution in [0.25, 0.3) is 0 Å². The molecule has 5 heteroatoms. The minimum atomic E-state index is -0.313. The molecule has 1 aromatic carbocycles. The third-order valence-electron chi connectivity index (χ3n) is 2.18. The van der Waals surface area contributed by atoms with Crippen LogP contribution in [0.3, 0.4) is 0 Å². The van der Waals surface area contributed by atoms with E-state index in [0.717, 1.165) is 0 Å². The van der Waals surface area contributed by atoms with Gasteiger partial charge in [-0.2, -0.15) is 4.98 Å². The highest BCUT2D eigenvalue weighted by Crippen LogP contribution is 2.22.